The average Bonchev–Trinajstić information content (AvgIpc) is 3.26. The lowest BCUT2D eigenvalue weighted by Crippen LogP contribution is -2.40. The molecule has 2 heterocycles. The van der Waals surface area contributed by atoms with E-state index in [-0.39, 0.29) is 16.8 Å². The molecule has 2 N–H and O–H groups in total. The Kier molecular flexibility index (Phi) is 7.14. The van der Waals surface area contributed by atoms with E-state index < -0.39 is 10.0 Å². The van der Waals surface area contributed by atoms with E-state index in [4.69, 9.17) is 4.74 Å². The molecule has 1 saturated heterocycles. The molecule has 3 aromatic rings. The molecule has 0 bridgehead atoms. The number of aromatic amines is 1. The largest absolute Gasteiger partial charge is 0.379 e. The zero-order valence-corrected chi connectivity index (χ0v) is 19.4. The Balaban J connectivity index is 1.56. The molecular formula is C22H26N4O4S2. The lowest BCUT2D eigenvalue weighted by molar-refractivity contribution is 0.0730. The van der Waals surface area contributed by atoms with Crippen molar-refractivity contribution in [1.29, 1.82) is 0 Å². The Labute approximate surface area is 191 Å². The summed E-state index contributed by atoms with van der Waals surface area (Å²) >= 11 is 1.69. The maximum Gasteiger partial charge on any atom is 0.251 e. The molecule has 0 spiro atoms. The number of imidazole rings is 1. The number of hydrogen-bond donors (Lipinski definition) is 2. The number of aromatic nitrogens is 2. The van der Waals surface area contributed by atoms with Gasteiger partial charge in [0.15, 0.2) is 0 Å². The number of thioether (sulfide) groups is 1. The highest BCUT2D eigenvalue weighted by Crippen LogP contribution is 2.22. The summed E-state index contributed by atoms with van der Waals surface area (Å²) in [5.74, 6) is 1.19. The van der Waals surface area contributed by atoms with E-state index in [0.717, 1.165) is 16.8 Å². The zero-order valence-electron chi connectivity index (χ0n) is 17.8. The zero-order chi connectivity index (χ0) is 22.6. The van der Waals surface area contributed by atoms with Crippen molar-refractivity contribution in [2.24, 2.45) is 0 Å². The summed E-state index contributed by atoms with van der Waals surface area (Å²) in [6, 6.07) is 13.6. The van der Waals surface area contributed by atoms with Crippen molar-refractivity contribution in [1.82, 2.24) is 19.6 Å². The van der Waals surface area contributed by atoms with E-state index in [9.17, 15) is 13.2 Å². The van der Waals surface area contributed by atoms with E-state index in [1.807, 2.05) is 30.5 Å². The highest BCUT2D eigenvalue weighted by molar-refractivity contribution is 7.98. The van der Waals surface area contributed by atoms with Crippen LogP contribution in [-0.2, 0) is 14.8 Å². The van der Waals surface area contributed by atoms with Gasteiger partial charge in [-0.2, -0.15) is 16.1 Å². The van der Waals surface area contributed by atoms with Gasteiger partial charge in [-0.1, -0.05) is 18.2 Å². The van der Waals surface area contributed by atoms with Crippen molar-refractivity contribution in [2.45, 2.75) is 17.4 Å². The van der Waals surface area contributed by atoms with Crippen molar-refractivity contribution in [3.63, 3.8) is 0 Å². The first-order chi connectivity index (χ1) is 15.5. The number of ether oxygens (including phenoxy) is 1. The number of hydrogen-bond acceptors (Lipinski definition) is 6. The molecule has 32 heavy (non-hydrogen) atoms. The van der Waals surface area contributed by atoms with Crippen LogP contribution >= 0.6 is 11.8 Å². The average molecular weight is 475 g/mol. The maximum absolute atomic E-state index is 13.1. The summed E-state index contributed by atoms with van der Waals surface area (Å²) in [7, 11) is -3.68. The molecule has 1 aliphatic rings. The van der Waals surface area contributed by atoms with Gasteiger partial charge in [0.1, 0.15) is 5.82 Å². The van der Waals surface area contributed by atoms with Gasteiger partial charge in [0.25, 0.3) is 5.91 Å². The van der Waals surface area contributed by atoms with Gasteiger partial charge in [-0.05, 0) is 48.8 Å². The molecular weight excluding hydrogens is 448 g/mol. The molecule has 1 aliphatic heterocycles. The van der Waals surface area contributed by atoms with Crippen molar-refractivity contribution < 1.29 is 17.9 Å². The van der Waals surface area contributed by atoms with Crippen LogP contribution in [0.1, 0.15) is 28.6 Å². The molecule has 0 saturated carbocycles. The number of carbonyl (C=O) groups is 1. The van der Waals surface area contributed by atoms with Gasteiger partial charge < -0.3 is 15.0 Å². The summed E-state index contributed by atoms with van der Waals surface area (Å²) in [6.07, 6.45) is 2.70. The van der Waals surface area contributed by atoms with E-state index in [2.05, 4.69) is 15.3 Å². The van der Waals surface area contributed by atoms with Crippen LogP contribution in [0.2, 0.25) is 0 Å². The quantitative estimate of drug-likeness (QED) is 0.520. The molecule has 8 nitrogen and oxygen atoms in total. The van der Waals surface area contributed by atoms with Crippen LogP contribution in [0.5, 0.6) is 0 Å². The van der Waals surface area contributed by atoms with E-state index in [1.54, 1.807) is 23.9 Å². The number of carbonyl (C=O) groups excluding carboxylic acids is 1. The number of morpholine rings is 1. The van der Waals surface area contributed by atoms with Crippen molar-refractivity contribution in [3.05, 3.63) is 59.9 Å². The fourth-order valence-electron chi connectivity index (χ4n) is 3.63. The second-order valence-electron chi connectivity index (χ2n) is 7.49. The highest BCUT2D eigenvalue weighted by atomic mass is 32.2. The lowest BCUT2D eigenvalue weighted by atomic mass is 10.1. The number of sulfonamides is 1. The third-order valence-electron chi connectivity index (χ3n) is 5.36. The Morgan fingerprint density at radius 3 is 2.75 bits per heavy atom. The maximum atomic E-state index is 13.1. The van der Waals surface area contributed by atoms with Gasteiger partial charge in [0.05, 0.1) is 35.2 Å². The van der Waals surface area contributed by atoms with Gasteiger partial charge in [-0.25, -0.2) is 13.4 Å². The standard InChI is InChI=1S/C22H26N4O4S2/c1-31-14-9-20(21-23-18-7-2-3-8-19(18)24-21)25-22(27)16-5-4-6-17(15-16)32(28,29)26-10-12-30-13-11-26/h2-8,15,20H,9-14H2,1H3,(H,23,24)(H,25,27)/t20-/m1/s1. The fourth-order valence-corrected chi connectivity index (χ4v) is 5.55. The van der Waals surface area contributed by atoms with Gasteiger partial charge >= 0.3 is 0 Å². The third kappa shape index (κ3) is 4.98. The first-order valence-corrected chi connectivity index (χ1v) is 13.2. The summed E-state index contributed by atoms with van der Waals surface area (Å²) in [4.78, 5) is 21.1. The lowest BCUT2D eigenvalue weighted by Gasteiger charge is -2.26. The van der Waals surface area contributed by atoms with Crippen LogP contribution in [-0.4, -0.2) is 66.9 Å². The Bertz CT molecular complexity index is 1160. The second kappa shape index (κ2) is 10.0. The molecule has 0 unspecified atom stereocenters. The molecule has 1 fully saturated rings. The van der Waals surface area contributed by atoms with Crippen LogP contribution in [0, 0.1) is 0 Å². The van der Waals surface area contributed by atoms with Crippen LogP contribution in [0.4, 0.5) is 0 Å². The minimum Gasteiger partial charge on any atom is -0.379 e. The van der Waals surface area contributed by atoms with Crippen molar-refractivity contribution >= 4 is 38.7 Å². The molecule has 170 valence electrons. The number of para-hydroxylation sites is 2. The Morgan fingerprint density at radius 1 is 1.22 bits per heavy atom. The smallest absolute Gasteiger partial charge is 0.251 e. The molecule has 1 aromatic heterocycles. The first-order valence-electron chi connectivity index (χ1n) is 10.4. The second-order valence-corrected chi connectivity index (χ2v) is 10.4. The molecule has 4 rings (SSSR count). The number of nitrogens with one attached hydrogen (secondary N) is 2. The Morgan fingerprint density at radius 2 is 2.00 bits per heavy atom. The predicted octanol–water partition coefficient (Wildman–Crippen LogP) is 2.81. The van der Waals surface area contributed by atoms with E-state index in [1.165, 1.54) is 16.4 Å². The Hall–Kier alpha value is -2.40. The van der Waals surface area contributed by atoms with Crippen LogP contribution in [0.3, 0.4) is 0 Å². The molecule has 1 atom stereocenters. The van der Waals surface area contributed by atoms with Crippen LogP contribution < -0.4 is 5.32 Å². The highest BCUT2D eigenvalue weighted by Gasteiger charge is 2.27. The minimum atomic E-state index is -3.68. The normalized spacial score (nSPS) is 16.2. The summed E-state index contributed by atoms with van der Waals surface area (Å²) in [6.45, 7) is 1.35. The molecule has 0 aliphatic carbocycles. The van der Waals surface area contributed by atoms with Gasteiger partial charge in [0, 0.05) is 18.7 Å². The van der Waals surface area contributed by atoms with E-state index in [0.29, 0.717) is 44.1 Å². The van der Waals surface area contributed by atoms with Gasteiger partial charge in [-0.15, -0.1) is 0 Å². The molecule has 0 radical (unpaired) electrons. The van der Waals surface area contributed by atoms with Crippen LogP contribution in [0.15, 0.2) is 53.4 Å². The van der Waals surface area contributed by atoms with Crippen LogP contribution in [0.25, 0.3) is 11.0 Å². The molecule has 10 heteroatoms. The SMILES string of the molecule is CSCC[C@@H](NC(=O)c1cccc(S(=O)(=O)N2CCOCC2)c1)c1nc2ccccc2[nH]1. The number of rotatable bonds is 8. The first kappa shape index (κ1) is 22.8. The van der Waals surface area contributed by atoms with E-state index >= 15 is 0 Å². The summed E-state index contributed by atoms with van der Waals surface area (Å²) in [5.41, 5.74) is 2.04. The predicted molar refractivity (Wildman–Crippen MR) is 125 cm³/mol. The summed E-state index contributed by atoms with van der Waals surface area (Å²) in [5, 5.41) is 3.03. The molecule has 2 aromatic carbocycles. The number of benzene rings is 2. The fraction of sp³-hybridized carbons (Fsp3) is 0.364. The number of fused-ring (bicyclic) bond motifs is 1. The van der Waals surface area contributed by atoms with Gasteiger partial charge in [-0.3, -0.25) is 4.79 Å². The minimum absolute atomic E-state index is 0.108. The monoisotopic (exact) mass is 474 g/mol. The number of H-pyrrole nitrogens is 1. The topological polar surface area (TPSA) is 104 Å². The number of nitrogens with zero attached hydrogens (tertiary/aromatic N) is 2. The number of amides is 1. The summed E-state index contributed by atoms with van der Waals surface area (Å²) < 4.78 is 32.6. The molecule has 1 amide bonds. The van der Waals surface area contributed by atoms with Crippen molar-refractivity contribution in [2.75, 3.05) is 38.3 Å². The third-order valence-corrected chi connectivity index (χ3v) is 7.90. The van der Waals surface area contributed by atoms with Gasteiger partial charge in [0.2, 0.25) is 10.0 Å². The van der Waals surface area contributed by atoms with Crippen molar-refractivity contribution in [3.8, 4) is 0 Å².